The largest absolute Gasteiger partial charge is 0.371 e. The van der Waals surface area contributed by atoms with Crippen molar-refractivity contribution in [3.05, 3.63) is 29.3 Å². The van der Waals surface area contributed by atoms with Crippen LogP contribution in [-0.4, -0.2) is 18.3 Å². The Hall–Kier alpha value is -1.20. The number of halogens is 2. The zero-order valence-electron chi connectivity index (χ0n) is 8.84. The van der Waals surface area contributed by atoms with Gasteiger partial charge in [0.1, 0.15) is 0 Å². The number of nitrogens with one attached hydrogen (secondary N) is 1. The van der Waals surface area contributed by atoms with Crippen molar-refractivity contribution >= 4 is 5.69 Å². The van der Waals surface area contributed by atoms with E-state index in [2.05, 4.69) is 0 Å². The lowest BCUT2D eigenvalue weighted by Gasteiger charge is -2.21. The first-order valence-corrected chi connectivity index (χ1v) is 5.32. The summed E-state index contributed by atoms with van der Waals surface area (Å²) in [4.78, 5) is 2.01. The van der Waals surface area contributed by atoms with Crippen LogP contribution in [0.25, 0.3) is 0 Å². The quantitative estimate of drug-likeness (QED) is 0.777. The molecule has 1 aromatic rings. The Balaban J connectivity index is 2.36. The fraction of sp³-hybridized carbons (Fsp3) is 0.455. The van der Waals surface area contributed by atoms with Gasteiger partial charge in [0.25, 0.3) is 0 Å². The van der Waals surface area contributed by atoms with Crippen LogP contribution in [0.4, 0.5) is 14.5 Å². The average Bonchev–Trinajstić information content (AvgIpc) is 2.76. The van der Waals surface area contributed by atoms with E-state index in [0.717, 1.165) is 32.0 Å². The van der Waals surface area contributed by atoms with E-state index in [1.807, 2.05) is 10.4 Å². The van der Waals surface area contributed by atoms with Crippen LogP contribution in [0.5, 0.6) is 0 Å². The molecule has 2 N–H and O–H groups in total. The Morgan fingerprint density at radius 3 is 2.44 bits per heavy atom. The zero-order valence-corrected chi connectivity index (χ0v) is 8.84. The SMILES string of the molecule is ONCc1cc(F)c(F)cc1N1CCCC1. The van der Waals surface area contributed by atoms with E-state index in [-0.39, 0.29) is 6.54 Å². The van der Waals surface area contributed by atoms with Crippen LogP contribution in [0.15, 0.2) is 12.1 Å². The number of rotatable bonds is 3. The standard InChI is InChI=1S/C11H14F2N2O/c12-9-5-8(7-14-16)11(6-10(9)13)15-3-1-2-4-15/h5-6,14,16H,1-4,7H2. The van der Waals surface area contributed by atoms with Gasteiger partial charge in [-0.05, 0) is 24.5 Å². The molecule has 0 atom stereocenters. The zero-order chi connectivity index (χ0) is 11.5. The molecule has 0 saturated carbocycles. The van der Waals surface area contributed by atoms with Crippen molar-refractivity contribution in [2.24, 2.45) is 0 Å². The van der Waals surface area contributed by atoms with Crippen molar-refractivity contribution in [3.63, 3.8) is 0 Å². The van der Waals surface area contributed by atoms with Gasteiger partial charge in [-0.1, -0.05) is 0 Å². The van der Waals surface area contributed by atoms with Crippen LogP contribution in [0.1, 0.15) is 18.4 Å². The lowest BCUT2D eigenvalue weighted by molar-refractivity contribution is 0.161. The maximum Gasteiger partial charge on any atom is 0.160 e. The minimum atomic E-state index is -0.881. The molecule has 1 aliphatic heterocycles. The molecule has 1 saturated heterocycles. The van der Waals surface area contributed by atoms with Crippen molar-refractivity contribution in [1.82, 2.24) is 5.48 Å². The van der Waals surface area contributed by atoms with Gasteiger partial charge in [-0.3, -0.25) is 0 Å². The summed E-state index contributed by atoms with van der Waals surface area (Å²) >= 11 is 0. The monoisotopic (exact) mass is 228 g/mol. The van der Waals surface area contributed by atoms with Gasteiger partial charge >= 0.3 is 0 Å². The van der Waals surface area contributed by atoms with Crippen molar-refractivity contribution in [1.29, 1.82) is 0 Å². The Morgan fingerprint density at radius 1 is 1.19 bits per heavy atom. The van der Waals surface area contributed by atoms with Gasteiger partial charge in [-0.25, -0.2) is 14.3 Å². The summed E-state index contributed by atoms with van der Waals surface area (Å²) in [6, 6.07) is 2.33. The molecule has 0 amide bonds. The van der Waals surface area contributed by atoms with Gasteiger partial charge < -0.3 is 10.1 Å². The van der Waals surface area contributed by atoms with Crippen LogP contribution in [0.3, 0.4) is 0 Å². The van der Waals surface area contributed by atoms with E-state index in [0.29, 0.717) is 11.3 Å². The molecular formula is C11H14F2N2O. The first-order valence-electron chi connectivity index (χ1n) is 5.32. The Morgan fingerprint density at radius 2 is 1.81 bits per heavy atom. The molecule has 0 spiro atoms. The molecule has 1 aliphatic rings. The predicted molar refractivity (Wildman–Crippen MR) is 56.4 cm³/mol. The number of benzene rings is 1. The summed E-state index contributed by atoms with van der Waals surface area (Å²) in [5.74, 6) is -1.73. The molecule has 16 heavy (non-hydrogen) atoms. The lowest BCUT2D eigenvalue weighted by Crippen LogP contribution is -2.21. The van der Waals surface area contributed by atoms with Gasteiger partial charge in [-0.2, -0.15) is 0 Å². The maximum atomic E-state index is 13.2. The lowest BCUT2D eigenvalue weighted by atomic mass is 10.1. The molecule has 1 fully saturated rings. The second kappa shape index (κ2) is 4.76. The number of hydrogen-bond donors (Lipinski definition) is 2. The van der Waals surface area contributed by atoms with Crippen LogP contribution in [0.2, 0.25) is 0 Å². The molecule has 88 valence electrons. The summed E-state index contributed by atoms with van der Waals surface area (Å²) in [5, 5.41) is 8.66. The highest BCUT2D eigenvalue weighted by atomic mass is 19.2. The first-order chi connectivity index (χ1) is 7.72. The third-order valence-corrected chi connectivity index (χ3v) is 2.84. The molecule has 0 aliphatic carbocycles. The van der Waals surface area contributed by atoms with Crippen LogP contribution in [0, 0.1) is 11.6 Å². The van der Waals surface area contributed by atoms with Crippen molar-refractivity contribution < 1.29 is 14.0 Å². The third kappa shape index (κ3) is 2.15. The van der Waals surface area contributed by atoms with E-state index < -0.39 is 11.6 Å². The molecule has 1 heterocycles. The van der Waals surface area contributed by atoms with Crippen molar-refractivity contribution in [2.75, 3.05) is 18.0 Å². The van der Waals surface area contributed by atoms with Gasteiger partial charge in [0.2, 0.25) is 0 Å². The molecule has 0 unspecified atom stereocenters. The van der Waals surface area contributed by atoms with E-state index in [1.165, 1.54) is 6.07 Å². The Labute approximate surface area is 92.6 Å². The molecule has 0 bridgehead atoms. The fourth-order valence-electron chi connectivity index (χ4n) is 2.06. The van der Waals surface area contributed by atoms with Crippen LogP contribution in [-0.2, 0) is 6.54 Å². The highest BCUT2D eigenvalue weighted by Gasteiger charge is 2.18. The maximum absolute atomic E-state index is 13.2. The molecule has 0 aromatic heterocycles. The summed E-state index contributed by atoms with van der Waals surface area (Å²) in [7, 11) is 0. The summed E-state index contributed by atoms with van der Waals surface area (Å²) < 4.78 is 26.2. The van der Waals surface area contributed by atoms with Crippen molar-refractivity contribution in [3.8, 4) is 0 Å². The number of anilines is 1. The third-order valence-electron chi connectivity index (χ3n) is 2.84. The second-order valence-corrected chi connectivity index (χ2v) is 3.92. The van der Waals surface area contributed by atoms with Gasteiger partial charge in [0.15, 0.2) is 11.6 Å². The summed E-state index contributed by atoms with van der Waals surface area (Å²) in [6.45, 7) is 1.82. The van der Waals surface area contributed by atoms with Gasteiger partial charge in [-0.15, -0.1) is 0 Å². The normalized spacial score (nSPS) is 15.8. The minimum Gasteiger partial charge on any atom is -0.371 e. The topological polar surface area (TPSA) is 35.5 Å². The highest BCUT2D eigenvalue weighted by Crippen LogP contribution is 2.27. The fourth-order valence-corrected chi connectivity index (χ4v) is 2.06. The average molecular weight is 228 g/mol. The van der Waals surface area contributed by atoms with E-state index in [4.69, 9.17) is 5.21 Å². The van der Waals surface area contributed by atoms with E-state index >= 15 is 0 Å². The van der Waals surface area contributed by atoms with Gasteiger partial charge in [0, 0.05) is 31.4 Å². The van der Waals surface area contributed by atoms with Crippen LogP contribution < -0.4 is 10.4 Å². The number of hydrogen-bond acceptors (Lipinski definition) is 3. The molecule has 0 radical (unpaired) electrons. The molecule has 3 nitrogen and oxygen atoms in total. The summed E-state index contributed by atoms with van der Waals surface area (Å²) in [6.07, 6.45) is 2.12. The second-order valence-electron chi connectivity index (χ2n) is 3.92. The van der Waals surface area contributed by atoms with Gasteiger partial charge in [0.05, 0.1) is 0 Å². The Kier molecular flexibility index (Phi) is 3.36. The molecular weight excluding hydrogens is 214 g/mol. The summed E-state index contributed by atoms with van der Waals surface area (Å²) in [5.41, 5.74) is 3.22. The minimum absolute atomic E-state index is 0.114. The highest BCUT2D eigenvalue weighted by molar-refractivity contribution is 5.54. The molecule has 5 heteroatoms. The first kappa shape index (κ1) is 11.3. The smallest absolute Gasteiger partial charge is 0.160 e. The molecule has 1 aromatic carbocycles. The number of nitrogens with zero attached hydrogens (tertiary/aromatic N) is 1. The predicted octanol–water partition coefficient (Wildman–Crippen LogP) is 2.04. The van der Waals surface area contributed by atoms with Crippen molar-refractivity contribution in [2.45, 2.75) is 19.4 Å². The van der Waals surface area contributed by atoms with E-state index in [9.17, 15) is 8.78 Å². The van der Waals surface area contributed by atoms with E-state index in [1.54, 1.807) is 0 Å². The Bertz CT molecular complexity index is 378. The molecule has 2 rings (SSSR count). The number of hydroxylamine groups is 1. The van der Waals surface area contributed by atoms with Crippen LogP contribution >= 0.6 is 0 Å².